The fraction of sp³-hybridized carbons (Fsp3) is 0.447. The normalized spacial score (nSPS) is 18.1. The molecule has 6 rings (SSSR count). The topological polar surface area (TPSA) is 125 Å². The molecule has 0 saturated carbocycles. The molecule has 4 aromatic rings. The summed E-state index contributed by atoms with van der Waals surface area (Å²) in [4.78, 5) is 28.5. The molecule has 2 amide bonds. The van der Waals surface area contributed by atoms with Crippen molar-refractivity contribution in [2.75, 3.05) is 46.5 Å². The first-order chi connectivity index (χ1) is 28.2. The molecule has 4 unspecified atom stereocenters. The number of aliphatic hydroxyl groups is 1. The Labute approximate surface area is 348 Å². The summed E-state index contributed by atoms with van der Waals surface area (Å²) in [5.74, 6) is 1.34. The SMILES string of the molecule is CC(C)(C)OC(=O)N1CCOC(C(Oc2ccccc2CO)c2ccccc2)C1.COCc1ccccc1OC(c1ccccc1)C1CN(C(=O)OC(C)(C)C)CCO1. The fourth-order valence-corrected chi connectivity index (χ4v) is 6.62. The number of methoxy groups -OCH3 is 1. The van der Waals surface area contributed by atoms with Crippen molar-refractivity contribution >= 4 is 12.2 Å². The molecular formula is C47H60N2O10. The van der Waals surface area contributed by atoms with Gasteiger partial charge in [0.2, 0.25) is 0 Å². The summed E-state index contributed by atoms with van der Waals surface area (Å²) < 4.78 is 41.3. The van der Waals surface area contributed by atoms with Crippen LogP contribution in [0.25, 0.3) is 0 Å². The number of ether oxygens (including phenoxy) is 7. The molecule has 2 aliphatic heterocycles. The monoisotopic (exact) mass is 812 g/mol. The fourth-order valence-electron chi connectivity index (χ4n) is 6.62. The lowest BCUT2D eigenvalue weighted by Crippen LogP contribution is -2.50. The molecule has 4 atom stereocenters. The summed E-state index contributed by atoms with van der Waals surface area (Å²) in [6, 6.07) is 34.9. The second kappa shape index (κ2) is 21.2. The van der Waals surface area contributed by atoms with Gasteiger partial charge >= 0.3 is 12.2 Å². The predicted molar refractivity (Wildman–Crippen MR) is 224 cm³/mol. The molecule has 59 heavy (non-hydrogen) atoms. The van der Waals surface area contributed by atoms with Gasteiger partial charge < -0.3 is 48.1 Å². The molecule has 2 heterocycles. The van der Waals surface area contributed by atoms with Crippen LogP contribution in [0.2, 0.25) is 0 Å². The van der Waals surface area contributed by atoms with Crippen LogP contribution in [0.1, 0.15) is 76.0 Å². The Bertz CT molecular complexity index is 1900. The number of amides is 2. The van der Waals surface area contributed by atoms with E-state index in [-0.39, 0.29) is 37.1 Å². The largest absolute Gasteiger partial charge is 0.483 e. The number of benzene rings is 4. The number of carbonyl (C=O) groups excluding carboxylic acids is 2. The highest BCUT2D eigenvalue weighted by molar-refractivity contribution is 5.68. The Morgan fingerprint density at radius 2 is 1.02 bits per heavy atom. The number of para-hydroxylation sites is 2. The van der Waals surface area contributed by atoms with Crippen molar-refractivity contribution in [1.29, 1.82) is 0 Å². The van der Waals surface area contributed by atoms with E-state index in [1.165, 1.54) is 0 Å². The van der Waals surface area contributed by atoms with Crippen LogP contribution >= 0.6 is 0 Å². The van der Waals surface area contributed by atoms with Gasteiger partial charge in [-0.1, -0.05) is 97.1 Å². The molecule has 0 aliphatic carbocycles. The molecule has 318 valence electrons. The van der Waals surface area contributed by atoms with Crippen LogP contribution in [0.5, 0.6) is 11.5 Å². The summed E-state index contributed by atoms with van der Waals surface area (Å²) >= 11 is 0. The average molecular weight is 813 g/mol. The minimum absolute atomic E-state index is 0.118. The van der Waals surface area contributed by atoms with Gasteiger partial charge in [0, 0.05) is 31.3 Å². The second-order valence-corrected chi connectivity index (χ2v) is 16.4. The maximum atomic E-state index is 12.6. The van der Waals surface area contributed by atoms with Crippen molar-refractivity contribution in [1.82, 2.24) is 9.80 Å². The zero-order valence-electron chi connectivity index (χ0n) is 35.4. The van der Waals surface area contributed by atoms with Crippen molar-refractivity contribution in [3.63, 3.8) is 0 Å². The van der Waals surface area contributed by atoms with Gasteiger partial charge in [0.05, 0.1) is 39.5 Å². The highest BCUT2D eigenvalue weighted by Gasteiger charge is 2.36. The van der Waals surface area contributed by atoms with E-state index in [4.69, 9.17) is 33.2 Å². The zero-order valence-corrected chi connectivity index (χ0v) is 35.4. The average Bonchev–Trinajstić information content (AvgIpc) is 3.22. The van der Waals surface area contributed by atoms with Gasteiger partial charge in [-0.25, -0.2) is 9.59 Å². The molecule has 4 aromatic carbocycles. The first kappa shape index (κ1) is 45.0. The molecule has 12 heteroatoms. The Kier molecular flexibility index (Phi) is 16.2. The molecule has 2 aliphatic rings. The van der Waals surface area contributed by atoms with Crippen molar-refractivity contribution in [3.05, 3.63) is 131 Å². The van der Waals surface area contributed by atoms with Crippen molar-refractivity contribution < 1.29 is 47.9 Å². The smallest absolute Gasteiger partial charge is 0.410 e. The first-order valence-corrected chi connectivity index (χ1v) is 20.1. The minimum atomic E-state index is -0.555. The molecule has 1 N–H and O–H groups in total. The van der Waals surface area contributed by atoms with Crippen LogP contribution in [0.4, 0.5) is 9.59 Å². The summed E-state index contributed by atoms with van der Waals surface area (Å²) in [6.45, 7) is 14.0. The van der Waals surface area contributed by atoms with Crippen LogP contribution < -0.4 is 9.47 Å². The number of carbonyl (C=O) groups is 2. The quantitative estimate of drug-likeness (QED) is 0.158. The Balaban J connectivity index is 0.000000224. The Hall–Kier alpha value is -5.14. The lowest BCUT2D eigenvalue weighted by atomic mass is 10.0. The third-order valence-corrected chi connectivity index (χ3v) is 9.35. The number of aliphatic hydroxyl groups excluding tert-OH is 1. The minimum Gasteiger partial charge on any atom is -0.483 e. The van der Waals surface area contributed by atoms with E-state index in [0.717, 1.165) is 22.4 Å². The Morgan fingerprint density at radius 1 is 0.627 bits per heavy atom. The zero-order chi connectivity index (χ0) is 42.4. The van der Waals surface area contributed by atoms with E-state index in [2.05, 4.69) is 0 Å². The lowest BCUT2D eigenvalue weighted by molar-refractivity contribution is -0.0840. The standard InChI is InChI=1S/C24H31NO5.C23H29NO5/c1-24(2,3)30-23(26)25-14-15-28-21(16-25)22(18-10-6-5-7-11-18)29-20-13-9-8-12-19(20)17-27-4;1-23(2,3)29-22(26)24-13-14-27-20(15-24)21(17-9-5-4-6-10-17)28-19-12-8-7-11-18(19)16-25/h5-13,21-22H,14-17H2,1-4H3;4-12,20-21,25H,13-16H2,1-3H3. The van der Waals surface area contributed by atoms with Gasteiger partial charge in [0.1, 0.15) is 34.9 Å². The van der Waals surface area contributed by atoms with Gasteiger partial charge in [-0.3, -0.25) is 0 Å². The third kappa shape index (κ3) is 13.7. The van der Waals surface area contributed by atoms with Crippen molar-refractivity contribution in [3.8, 4) is 11.5 Å². The molecule has 0 aromatic heterocycles. The van der Waals surface area contributed by atoms with Crippen molar-refractivity contribution in [2.45, 2.75) is 90.4 Å². The number of nitrogens with zero attached hydrogens (tertiary/aromatic N) is 2. The van der Waals surface area contributed by atoms with E-state index in [1.54, 1.807) is 16.9 Å². The van der Waals surface area contributed by atoms with E-state index >= 15 is 0 Å². The van der Waals surface area contributed by atoms with Gasteiger partial charge in [-0.05, 0) is 64.8 Å². The second-order valence-electron chi connectivity index (χ2n) is 16.4. The summed E-state index contributed by atoms with van der Waals surface area (Å²) in [7, 11) is 1.66. The van der Waals surface area contributed by atoms with E-state index in [0.29, 0.717) is 57.3 Å². The van der Waals surface area contributed by atoms with Gasteiger partial charge in [-0.2, -0.15) is 0 Å². The number of morpholine rings is 2. The summed E-state index contributed by atoms with van der Waals surface area (Å²) in [5.41, 5.74) is 2.49. The molecule has 0 spiro atoms. The molecule has 12 nitrogen and oxygen atoms in total. The third-order valence-electron chi connectivity index (χ3n) is 9.35. The van der Waals surface area contributed by atoms with Crippen LogP contribution in [0.15, 0.2) is 109 Å². The van der Waals surface area contributed by atoms with E-state index in [1.807, 2.05) is 151 Å². The molecule has 2 fully saturated rings. The van der Waals surface area contributed by atoms with Crippen LogP contribution in [-0.4, -0.2) is 97.0 Å². The number of rotatable bonds is 11. The first-order valence-electron chi connectivity index (χ1n) is 20.1. The highest BCUT2D eigenvalue weighted by Crippen LogP contribution is 2.33. The highest BCUT2D eigenvalue weighted by atomic mass is 16.6. The van der Waals surface area contributed by atoms with E-state index < -0.39 is 17.3 Å². The summed E-state index contributed by atoms with van der Waals surface area (Å²) in [5, 5.41) is 9.65. The lowest BCUT2D eigenvalue weighted by Gasteiger charge is -2.37. The summed E-state index contributed by atoms with van der Waals surface area (Å²) in [6.07, 6.45) is -2.20. The maximum absolute atomic E-state index is 12.6. The molecular weight excluding hydrogens is 753 g/mol. The van der Waals surface area contributed by atoms with Crippen LogP contribution in [0.3, 0.4) is 0 Å². The van der Waals surface area contributed by atoms with Crippen LogP contribution in [0, 0.1) is 0 Å². The molecule has 2 saturated heterocycles. The van der Waals surface area contributed by atoms with Crippen LogP contribution in [-0.2, 0) is 36.9 Å². The molecule has 0 bridgehead atoms. The number of hydrogen-bond acceptors (Lipinski definition) is 10. The number of hydrogen-bond donors (Lipinski definition) is 1. The predicted octanol–water partition coefficient (Wildman–Crippen LogP) is 8.52. The molecule has 0 radical (unpaired) electrons. The Morgan fingerprint density at radius 3 is 1.42 bits per heavy atom. The van der Waals surface area contributed by atoms with E-state index in [9.17, 15) is 14.7 Å². The van der Waals surface area contributed by atoms with Gasteiger partial charge in [0.25, 0.3) is 0 Å². The van der Waals surface area contributed by atoms with Gasteiger partial charge in [-0.15, -0.1) is 0 Å². The van der Waals surface area contributed by atoms with Gasteiger partial charge in [0.15, 0.2) is 12.2 Å². The maximum Gasteiger partial charge on any atom is 0.410 e. The van der Waals surface area contributed by atoms with Crippen molar-refractivity contribution in [2.24, 2.45) is 0 Å².